The zero-order valence-corrected chi connectivity index (χ0v) is 16.2. The maximum absolute atomic E-state index is 9.10. The van der Waals surface area contributed by atoms with Gasteiger partial charge in [-0.3, -0.25) is 0 Å². The largest absolute Gasteiger partial charge is 0.396 e. The van der Waals surface area contributed by atoms with Crippen LogP contribution in [0.15, 0.2) is 54.7 Å². The van der Waals surface area contributed by atoms with Gasteiger partial charge in [-0.25, -0.2) is 9.97 Å². The molecular formula is C21H23ClN4O. The second kappa shape index (κ2) is 8.05. The number of benzene rings is 2. The molecule has 3 rings (SSSR count). The topological polar surface area (TPSA) is 84.1 Å². The minimum Gasteiger partial charge on any atom is -0.396 e. The summed E-state index contributed by atoms with van der Waals surface area (Å²) in [5, 5.41) is 12.8. The van der Waals surface area contributed by atoms with Crippen LogP contribution in [0.4, 0.5) is 11.6 Å². The number of aromatic nitrogens is 2. The Morgan fingerprint density at radius 2 is 1.89 bits per heavy atom. The van der Waals surface area contributed by atoms with E-state index in [0.29, 0.717) is 23.1 Å². The van der Waals surface area contributed by atoms with Gasteiger partial charge in [0, 0.05) is 23.4 Å². The number of rotatable bonds is 6. The van der Waals surface area contributed by atoms with Crippen molar-refractivity contribution in [3.05, 3.63) is 70.9 Å². The first-order chi connectivity index (χ1) is 12.9. The van der Waals surface area contributed by atoms with Gasteiger partial charge in [0.1, 0.15) is 0 Å². The highest BCUT2D eigenvalue weighted by Crippen LogP contribution is 2.29. The predicted molar refractivity (Wildman–Crippen MR) is 110 cm³/mol. The summed E-state index contributed by atoms with van der Waals surface area (Å²) in [5.74, 6) is 0.457. The third-order valence-corrected chi connectivity index (χ3v) is 4.51. The number of hydrogen-bond acceptors (Lipinski definition) is 5. The van der Waals surface area contributed by atoms with E-state index in [-0.39, 0.29) is 6.61 Å². The lowest BCUT2D eigenvalue weighted by atomic mass is 9.94. The SMILES string of the molecule is CC(C)(N)c1ccc(-c2nc(Nc3cccc(CCO)c3)ncc2Cl)cc1. The van der Waals surface area contributed by atoms with E-state index in [1.165, 1.54) is 0 Å². The van der Waals surface area contributed by atoms with E-state index >= 15 is 0 Å². The van der Waals surface area contributed by atoms with E-state index in [0.717, 1.165) is 22.4 Å². The Morgan fingerprint density at radius 3 is 2.56 bits per heavy atom. The van der Waals surface area contributed by atoms with Gasteiger partial charge < -0.3 is 16.2 Å². The summed E-state index contributed by atoms with van der Waals surface area (Å²) in [6, 6.07) is 15.7. The summed E-state index contributed by atoms with van der Waals surface area (Å²) < 4.78 is 0. The van der Waals surface area contributed by atoms with Crippen LogP contribution in [0.1, 0.15) is 25.0 Å². The van der Waals surface area contributed by atoms with Crippen molar-refractivity contribution in [1.29, 1.82) is 0 Å². The highest BCUT2D eigenvalue weighted by molar-refractivity contribution is 6.32. The van der Waals surface area contributed by atoms with Gasteiger partial charge in [-0.2, -0.15) is 0 Å². The smallest absolute Gasteiger partial charge is 0.227 e. The van der Waals surface area contributed by atoms with Crippen LogP contribution in [-0.2, 0) is 12.0 Å². The molecule has 5 nitrogen and oxygen atoms in total. The lowest BCUT2D eigenvalue weighted by molar-refractivity contribution is 0.299. The van der Waals surface area contributed by atoms with Gasteiger partial charge in [-0.15, -0.1) is 0 Å². The van der Waals surface area contributed by atoms with Crippen LogP contribution in [0.3, 0.4) is 0 Å². The van der Waals surface area contributed by atoms with Crippen LogP contribution in [0, 0.1) is 0 Å². The molecule has 0 unspecified atom stereocenters. The maximum Gasteiger partial charge on any atom is 0.227 e. The van der Waals surface area contributed by atoms with E-state index in [1.54, 1.807) is 6.20 Å². The van der Waals surface area contributed by atoms with Gasteiger partial charge in [-0.1, -0.05) is 48.0 Å². The number of anilines is 2. The molecule has 0 radical (unpaired) electrons. The van der Waals surface area contributed by atoms with Crippen molar-refractivity contribution in [2.75, 3.05) is 11.9 Å². The average Bonchev–Trinajstić information content (AvgIpc) is 2.63. The third-order valence-electron chi connectivity index (χ3n) is 4.23. The zero-order valence-electron chi connectivity index (χ0n) is 15.4. The van der Waals surface area contributed by atoms with Crippen LogP contribution in [0.2, 0.25) is 5.02 Å². The molecule has 0 aliphatic heterocycles. The predicted octanol–water partition coefficient (Wildman–Crippen LogP) is 4.27. The summed E-state index contributed by atoms with van der Waals surface area (Å²) in [5.41, 5.74) is 10.2. The molecule has 4 N–H and O–H groups in total. The fourth-order valence-corrected chi connectivity index (χ4v) is 2.95. The monoisotopic (exact) mass is 382 g/mol. The Kier molecular flexibility index (Phi) is 5.75. The number of nitrogens with zero attached hydrogens (tertiary/aromatic N) is 2. The Hall–Kier alpha value is -2.47. The van der Waals surface area contributed by atoms with Gasteiger partial charge in [0.2, 0.25) is 5.95 Å². The summed E-state index contributed by atoms with van der Waals surface area (Å²) in [6.45, 7) is 4.04. The van der Waals surface area contributed by atoms with Gasteiger partial charge >= 0.3 is 0 Å². The molecule has 0 spiro atoms. The molecule has 0 atom stereocenters. The maximum atomic E-state index is 9.10. The lowest BCUT2D eigenvalue weighted by Gasteiger charge is -2.19. The van der Waals surface area contributed by atoms with Crippen LogP contribution in [0.25, 0.3) is 11.3 Å². The first kappa shape index (κ1) is 19.3. The van der Waals surface area contributed by atoms with Crippen molar-refractivity contribution in [2.45, 2.75) is 25.8 Å². The van der Waals surface area contributed by atoms with Crippen molar-refractivity contribution < 1.29 is 5.11 Å². The summed E-state index contributed by atoms with van der Waals surface area (Å²) in [4.78, 5) is 8.84. The van der Waals surface area contributed by atoms with E-state index in [1.807, 2.05) is 62.4 Å². The molecule has 0 saturated heterocycles. The molecule has 0 bridgehead atoms. The van der Waals surface area contributed by atoms with E-state index in [2.05, 4.69) is 15.3 Å². The van der Waals surface area contributed by atoms with Crippen LogP contribution in [0.5, 0.6) is 0 Å². The quantitative estimate of drug-likeness (QED) is 0.593. The first-order valence-corrected chi connectivity index (χ1v) is 9.14. The van der Waals surface area contributed by atoms with Crippen molar-refractivity contribution in [3.8, 4) is 11.3 Å². The first-order valence-electron chi connectivity index (χ1n) is 8.76. The van der Waals surface area contributed by atoms with Crippen LogP contribution < -0.4 is 11.1 Å². The Bertz CT molecular complexity index is 920. The molecule has 0 fully saturated rings. The van der Waals surface area contributed by atoms with E-state index < -0.39 is 5.54 Å². The van der Waals surface area contributed by atoms with Crippen molar-refractivity contribution in [2.24, 2.45) is 5.73 Å². The molecule has 0 amide bonds. The molecule has 0 saturated carbocycles. The Labute approximate surface area is 164 Å². The number of nitrogens with two attached hydrogens (primary N) is 1. The fraction of sp³-hybridized carbons (Fsp3) is 0.238. The number of aliphatic hydroxyl groups is 1. The minimum atomic E-state index is -0.402. The van der Waals surface area contributed by atoms with Gasteiger partial charge in [0.15, 0.2) is 0 Å². The normalized spacial score (nSPS) is 11.4. The van der Waals surface area contributed by atoms with Gasteiger partial charge in [0.05, 0.1) is 16.9 Å². The second-order valence-corrected chi connectivity index (χ2v) is 7.40. The van der Waals surface area contributed by atoms with Gasteiger partial charge in [0.25, 0.3) is 0 Å². The number of halogens is 1. The van der Waals surface area contributed by atoms with Crippen LogP contribution >= 0.6 is 11.6 Å². The van der Waals surface area contributed by atoms with Crippen molar-refractivity contribution in [1.82, 2.24) is 9.97 Å². The number of aliphatic hydroxyl groups excluding tert-OH is 1. The Balaban J connectivity index is 1.87. The second-order valence-electron chi connectivity index (χ2n) is 6.99. The Morgan fingerprint density at radius 1 is 1.15 bits per heavy atom. The summed E-state index contributed by atoms with van der Waals surface area (Å²) >= 11 is 6.32. The van der Waals surface area contributed by atoms with Crippen molar-refractivity contribution >= 4 is 23.2 Å². The zero-order chi connectivity index (χ0) is 19.4. The molecular weight excluding hydrogens is 360 g/mol. The molecule has 0 aliphatic carbocycles. The molecule has 27 heavy (non-hydrogen) atoms. The standard InChI is InChI=1S/C21H23ClN4O/c1-21(2,23)16-8-6-15(7-9-16)19-18(22)13-24-20(26-19)25-17-5-3-4-14(12-17)10-11-27/h3-9,12-13,27H,10-11,23H2,1-2H3,(H,24,25,26). The van der Waals surface area contributed by atoms with E-state index in [4.69, 9.17) is 22.4 Å². The molecule has 1 aromatic heterocycles. The average molecular weight is 383 g/mol. The molecule has 140 valence electrons. The van der Waals surface area contributed by atoms with E-state index in [9.17, 15) is 0 Å². The summed E-state index contributed by atoms with van der Waals surface area (Å²) in [7, 11) is 0. The number of nitrogens with one attached hydrogen (secondary N) is 1. The highest BCUT2D eigenvalue weighted by atomic mass is 35.5. The van der Waals surface area contributed by atoms with Crippen molar-refractivity contribution in [3.63, 3.8) is 0 Å². The van der Waals surface area contributed by atoms with Crippen LogP contribution in [-0.4, -0.2) is 21.7 Å². The molecule has 6 heteroatoms. The summed E-state index contributed by atoms with van der Waals surface area (Å²) in [6.07, 6.45) is 2.19. The fourth-order valence-electron chi connectivity index (χ4n) is 2.75. The molecule has 1 heterocycles. The third kappa shape index (κ3) is 4.83. The number of hydrogen-bond donors (Lipinski definition) is 3. The van der Waals surface area contributed by atoms with Gasteiger partial charge in [-0.05, 0) is 43.5 Å². The highest BCUT2D eigenvalue weighted by Gasteiger charge is 2.15. The minimum absolute atomic E-state index is 0.112. The molecule has 2 aromatic carbocycles. The molecule has 3 aromatic rings. The molecule has 0 aliphatic rings. The lowest BCUT2D eigenvalue weighted by Crippen LogP contribution is -2.28.